The van der Waals surface area contributed by atoms with Gasteiger partial charge in [0.2, 0.25) is 0 Å². The lowest BCUT2D eigenvalue weighted by molar-refractivity contribution is 0.0598. The van der Waals surface area contributed by atoms with Crippen molar-refractivity contribution in [3.63, 3.8) is 0 Å². The first-order valence-corrected chi connectivity index (χ1v) is 8.79. The van der Waals surface area contributed by atoms with Crippen LogP contribution in [0.3, 0.4) is 0 Å². The quantitative estimate of drug-likeness (QED) is 0.937. The molecule has 0 bridgehead atoms. The second-order valence-corrected chi connectivity index (χ2v) is 6.86. The van der Waals surface area contributed by atoms with Crippen LogP contribution in [0.1, 0.15) is 41.8 Å². The molecule has 2 aliphatic rings. The predicted molar refractivity (Wildman–Crippen MR) is 92.6 cm³/mol. The molecule has 1 aliphatic heterocycles. The van der Waals surface area contributed by atoms with Crippen LogP contribution < -0.4 is 10.1 Å². The van der Waals surface area contributed by atoms with E-state index in [1.54, 1.807) is 7.11 Å². The third-order valence-electron chi connectivity index (χ3n) is 5.18. The summed E-state index contributed by atoms with van der Waals surface area (Å²) in [6.07, 6.45) is 4.41. The summed E-state index contributed by atoms with van der Waals surface area (Å²) in [5, 5.41) is 4.37. The van der Waals surface area contributed by atoms with E-state index in [-0.39, 0.29) is 11.9 Å². The molecule has 1 aliphatic carbocycles. The number of nitrogens with zero attached hydrogens (tertiary/aromatic N) is 1. The summed E-state index contributed by atoms with van der Waals surface area (Å²) in [6, 6.07) is 6.34. The van der Waals surface area contributed by atoms with Gasteiger partial charge in [0.05, 0.1) is 7.11 Å². The lowest BCUT2D eigenvalue weighted by Gasteiger charge is -2.34. The van der Waals surface area contributed by atoms with Gasteiger partial charge in [-0.05, 0) is 57.4 Å². The molecule has 24 heavy (non-hydrogen) atoms. The highest BCUT2D eigenvalue weighted by Gasteiger charge is 2.39. The SMILES string of the molecule is COc1ccc2oc(C(=O)N(C3CC3)C3CCCNC3)c(C)c2c1. The molecule has 2 aromatic rings. The molecule has 1 saturated heterocycles. The normalized spacial score (nSPS) is 21.0. The highest BCUT2D eigenvalue weighted by molar-refractivity contribution is 5.99. The number of furan rings is 1. The molecule has 1 saturated carbocycles. The molecule has 5 heteroatoms. The maximum Gasteiger partial charge on any atom is 0.290 e. The fraction of sp³-hybridized carbons (Fsp3) is 0.526. The molecule has 128 valence electrons. The number of aryl methyl sites for hydroxylation is 1. The smallest absolute Gasteiger partial charge is 0.290 e. The van der Waals surface area contributed by atoms with E-state index in [0.717, 1.165) is 61.1 Å². The van der Waals surface area contributed by atoms with Crippen molar-refractivity contribution in [2.24, 2.45) is 0 Å². The zero-order valence-electron chi connectivity index (χ0n) is 14.3. The molecule has 2 fully saturated rings. The maximum absolute atomic E-state index is 13.2. The number of ether oxygens (including phenoxy) is 1. The Balaban J connectivity index is 1.69. The molecule has 2 heterocycles. The number of rotatable bonds is 4. The Kier molecular flexibility index (Phi) is 3.96. The van der Waals surface area contributed by atoms with Gasteiger partial charge in [-0.1, -0.05) is 0 Å². The third-order valence-corrected chi connectivity index (χ3v) is 5.18. The van der Waals surface area contributed by atoms with Gasteiger partial charge in [0.25, 0.3) is 5.91 Å². The van der Waals surface area contributed by atoms with Gasteiger partial charge in [-0.25, -0.2) is 0 Å². The van der Waals surface area contributed by atoms with Crippen molar-refractivity contribution in [3.8, 4) is 5.75 Å². The van der Waals surface area contributed by atoms with Crippen LogP contribution >= 0.6 is 0 Å². The summed E-state index contributed by atoms with van der Waals surface area (Å²) in [4.78, 5) is 15.3. The molecule has 4 rings (SSSR count). The number of carbonyl (C=O) groups excluding carboxylic acids is 1. The van der Waals surface area contributed by atoms with Crippen molar-refractivity contribution in [2.45, 2.75) is 44.7 Å². The monoisotopic (exact) mass is 328 g/mol. The number of hydrogen-bond acceptors (Lipinski definition) is 4. The van der Waals surface area contributed by atoms with Crippen LogP contribution in [0.15, 0.2) is 22.6 Å². The first kappa shape index (κ1) is 15.5. The van der Waals surface area contributed by atoms with Crippen LogP contribution in [-0.4, -0.2) is 43.1 Å². The van der Waals surface area contributed by atoms with Crippen molar-refractivity contribution in [1.29, 1.82) is 0 Å². The molecule has 1 N–H and O–H groups in total. The Bertz CT molecular complexity index is 757. The zero-order valence-corrected chi connectivity index (χ0v) is 14.3. The van der Waals surface area contributed by atoms with Gasteiger partial charge in [-0.2, -0.15) is 0 Å². The van der Waals surface area contributed by atoms with Gasteiger partial charge in [-0.15, -0.1) is 0 Å². The van der Waals surface area contributed by atoms with Crippen LogP contribution in [0.4, 0.5) is 0 Å². The number of benzene rings is 1. The molecule has 1 aromatic heterocycles. The third kappa shape index (κ3) is 2.67. The highest BCUT2D eigenvalue weighted by atomic mass is 16.5. The summed E-state index contributed by atoms with van der Waals surface area (Å²) < 4.78 is 11.2. The second kappa shape index (κ2) is 6.13. The van der Waals surface area contributed by atoms with Crippen LogP contribution in [0.2, 0.25) is 0 Å². The number of piperidine rings is 1. The van der Waals surface area contributed by atoms with Gasteiger partial charge < -0.3 is 19.4 Å². The minimum Gasteiger partial charge on any atom is -0.497 e. The Hall–Kier alpha value is -2.01. The van der Waals surface area contributed by atoms with E-state index in [2.05, 4.69) is 10.2 Å². The number of nitrogens with one attached hydrogen (secondary N) is 1. The minimum absolute atomic E-state index is 0.0406. The Morgan fingerprint density at radius 1 is 1.29 bits per heavy atom. The minimum atomic E-state index is 0.0406. The van der Waals surface area contributed by atoms with Gasteiger partial charge in [0.15, 0.2) is 5.76 Å². The Morgan fingerprint density at radius 3 is 2.79 bits per heavy atom. The maximum atomic E-state index is 13.2. The zero-order chi connectivity index (χ0) is 16.7. The fourth-order valence-corrected chi connectivity index (χ4v) is 3.70. The number of methoxy groups -OCH3 is 1. The number of carbonyl (C=O) groups is 1. The first-order valence-electron chi connectivity index (χ1n) is 8.79. The number of fused-ring (bicyclic) bond motifs is 1. The molecule has 1 amide bonds. The summed E-state index contributed by atoms with van der Waals surface area (Å²) in [5.41, 5.74) is 1.65. The van der Waals surface area contributed by atoms with Crippen molar-refractivity contribution in [1.82, 2.24) is 10.2 Å². The number of amides is 1. The van der Waals surface area contributed by atoms with E-state index in [1.165, 1.54) is 0 Å². The van der Waals surface area contributed by atoms with Crippen LogP contribution in [0.25, 0.3) is 11.0 Å². The van der Waals surface area contributed by atoms with Crippen LogP contribution in [0, 0.1) is 6.92 Å². The molecule has 0 spiro atoms. The summed E-state index contributed by atoms with van der Waals surface area (Å²) in [6.45, 7) is 3.89. The van der Waals surface area contributed by atoms with Crippen LogP contribution in [0.5, 0.6) is 5.75 Å². The largest absolute Gasteiger partial charge is 0.497 e. The van der Waals surface area contributed by atoms with Gasteiger partial charge >= 0.3 is 0 Å². The van der Waals surface area contributed by atoms with Crippen molar-refractivity contribution < 1.29 is 13.9 Å². The molecular weight excluding hydrogens is 304 g/mol. The molecule has 1 atom stereocenters. The van der Waals surface area contributed by atoms with E-state index in [0.29, 0.717) is 11.8 Å². The van der Waals surface area contributed by atoms with Crippen molar-refractivity contribution >= 4 is 16.9 Å². The van der Waals surface area contributed by atoms with Gasteiger partial charge in [-0.3, -0.25) is 4.79 Å². The van der Waals surface area contributed by atoms with Crippen LogP contribution in [-0.2, 0) is 0 Å². The molecule has 0 radical (unpaired) electrons. The molecular formula is C19H24N2O3. The van der Waals surface area contributed by atoms with E-state index in [4.69, 9.17) is 9.15 Å². The summed E-state index contributed by atoms with van der Waals surface area (Å²) >= 11 is 0. The van der Waals surface area contributed by atoms with E-state index < -0.39 is 0 Å². The topological polar surface area (TPSA) is 54.7 Å². The summed E-state index contributed by atoms with van der Waals surface area (Å²) in [7, 11) is 1.65. The van der Waals surface area contributed by atoms with Crippen molar-refractivity contribution in [3.05, 3.63) is 29.5 Å². The summed E-state index contributed by atoms with van der Waals surface area (Å²) in [5.74, 6) is 1.30. The standard InChI is InChI=1S/C19H24N2O3/c1-12-16-10-15(23-2)7-8-17(16)24-18(12)19(22)21(13-5-6-13)14-4-3-9-20-11-14/h7-8,10,13-14,20H,3-6,9,11H2,1-2H3. The van der Waals surface area contributed by atoms with Gasteiger partial charge in [0, 0.05) is 29.6 Å². The fourth-order valence-electron chi connectivity index (χ4n) is 3.70. The predicted octanol–water partition coefficient (Wildman–Crippen LogP) is 3.11. The Labute approximate surface area is 141 Å². The second-order valence-electron chi connectivity index (χ2n) is 6.86. The number of hydrogen-bond donors (Lipinski definition) is 1. The van der Waals surface area contributed by atoms with Crippen molar-refractivity contribution in [2.75, 3.05) is 20.2 Å². The lowest BCUT2D eigenvalue weighted by atomic mass is 10.0. The van der Waals surface area contributed by atoms with E-state index >= 15 is 0 Å². The lowest BCUT2D eigenvalue weighted by Crippen LogP contribution is -2.49. The average molecular weight is 328 g/mol. The highest BCUT2D eigenvalue weighted by Crippen LogP contribution is 2.35. The van der Waals surface area contributed by atoms with E-state index in [1.807, 2.05) is 25.1 Å². The molecule has 1 unspecified atom stereocenters. The average Bonchev–Trinajstić information content (AvgIpc) is 3.39. The van der Waals surface area contributed by atoms with E-state index in [9.17, 15) is 4.79 Å². The molecule has 1 aromatic carbocycles. The molecule has 5 nitrogen and oxygen atoms in total. The van der Waals surface area contributed by atoms with Gasteiger partial charge in [0.1, 0.15) is 11.3 Å². The first-order chi connectivity index (χ1) is 11.7. The Morgan fingerprint density at radius 2 is 2.12 bits per heavy atom.